The van der Waals surface area contributed by atoms with Gasteiger partial charge in [0.15, 0.2) is 11.6 Å². The zero-order valence-electron chi connectivity index (χ0n) is 8.43. The minimum absolute atomic E-state index is 0.308. The van der Waals surface area contributed by atoms with Gasteiger partial charge in [-0.3, -0.25) is 0 Å². The molecule has 0 fully saturated rings. The Labute approximate surface area is 83.9 Å². The molecule has 14 heavy (non-hydrogen) atoms. The number of ether oxygens (including phenoxy) is 1. The summed E-state index contributed by atoms with van der Waals surface area (Å²) in [7, 11) is 0. The van der Waals surface area contributed by atoms with Crippen LogP contribution in [0.25, 0.3) is 0 Å². The Hall–Kier alpha value is -1.49. The molecule has 1 aromatic carbocycles. The van der Waals surface area contributed by atoms with Crippen LogP contribution in [0, 0.1) is 24.6 Å². The number of hydrogen-bond acceptors (Lipinski definition) is 1. The lowest BCUT2D eigenvalue weighted by Crippen LogP contribution is -1.98. The predicted octanol–water partition coefficient (Wildman–Crippen LogP) is 2.93. The van der Waals surface area contributed by atoms with Crippen molar-refractivity contribution in [1.82, 2.24) is 0 Å². The van der Waals surface area contributed by atoms with Gasteiger partial charge in [-0.25, -0.2) is 4.39 Å². The molecule has 0 aliphatic heterocycles. The third kappa shape index (κ3) is 3.10. The topological polar surface area (TPSA) is 9.23 Å². The molecule has 0 unspecified atom stereocenters. The second-order valence-corrected chi connectivity index (χ2v) is 2.96. The fourth-order valence-corrected chi connectivity index (χ4v) is 1.06. The molecule has 0 aromatic heterocycles. The Bertz CT molecular complexity index is 360. The van der Waals surface area contributed by atoms with Gasteiger partial charge in [-0.2, -0.15) is 0 Å². The maximum atomic E-state index is 13.1. The van der Waals surface area contributed by atoms with Crippen molar-refractivity contribution >= 4 is 0 Å². The smallest absolute Gasteiger partial charge is 0.165 e. The highest BCUT2D eigenvalue weighted by Gasteiger charge is 2.01. The van der Waals surface area contributed by atoms with E-state index in [0.29, 0.717) is 18.8 Å². The first-order valence-electron chi connectivity index (χ1n) is 4.52. The normalized spacial score (nSPS) is 9.07. The first kappa shape index (κ1) is 10.6. The summed E-state index contributed by atoms with van der Waals surface area (Å²) in [6, 6.07) is 4.82. The van der Waals surface area contributed by atoms with Crippen LogP contribution < -0.4 is 4.74 Å². The number of rotatable bonds is 3. The van der Waals surface area contributed by atoms with Crippen LogP contribution in [-0.4, -0.2) is 6.61 Å². The van der Waals surface area contributed by atoms with Crippen LogP contribution >= 0.6 is 0 Å². The summed E-state index contributed by atoms with van der Waals surface area (Å²) in [5.74, 6) is 5.60. The van der Waals surface area contributed by atoms with Gasteiger partial charge in [-0.05, 0) is 31.5 Å². The molecule has 0 aliphatic rings. The lowest BCUT2D eigenvalue weighted by Gasteiger charge is -2.05. The van der Waals surface area contributed by atoms with Gasteiger partial charge in [0.25, 0.3) is 0 Å². The van der Waals surface area contributed by atoms with E-state index in [2.05, 4.69) is 11.8 Å². The first-order valence-corrected chi connectivity index (χ1v) is 4.52. The molecule has 0 spiro atoms. The van der Waals surface area contributed by atoms with Crippen molar-refractivity contribution in [2.24, 2.45) is 0 Å². The van der Waals surface area contributed by atoms with Crippen molar-refractivity contribution in [3.8, 4) is 17.6 Å². The van der Waals surface area contributed by atoms with E-state index in [9.17, 15) is 4.39 Å². The molecule has 0 bridgehead atoms. The van der Waals surface area contributed by atoms with Gasteiger partial charge in [-0.15, -0.1) is 11.8 Å². The second kappa shape index (κ2) is 5.29. The lowest BCUT2D eigenvalue weighted by atomic mass is 10.2. The fraction of sp³-hybridized carbons (Fsp3) is 0.333. The van der Waals surface area contributed by atoms with E-state index >= 15 is 0 Å². The monoisotopic (exact) mass is 192 g/mol. The van der Waals surface area contributed by atoms with Gasteiger partial charge in [0, 0.05) is 6.42 Å². The van der Waals surface area contributed by atoms with E-state index in [4.69, 9.17) is 4.74 Å². The summed E-state index contributed by atoms with van der Waals surface area (Å²) in [6.07, 6.45) is 0.629. The molecular weight excluding hydrogens is 179 g/mol. The molecule has 1 nitrogen and oxygen atoms in total. The highest BCUT2D eigenvalue weighted by Crippen LogP contribution is 2.18. The fourth-order valence-electron chi connectivity index (χ4n) is 1.06. The number of halogens is 1. The molecule has 2 heteroatoms. The quantitative estimate of drug-likeness (QED) is 0.528. The Morgan fingerprint density at radius 3 is 2.93 bits per heavy atom. The zero-order chi connectivity index (χ0) is 10.4. The molecule has 0 N–H and O–H groups in total. The van der Waals surface area contributed by atoms with E-state index in [0.717, 1.165) is 5.56 Å². The summed E-state index contributed by atoms with van der Waals surface area (Å²) < 4.78 is 18.4. The van der Waals surface area contributed by atoms with Crippen LogP contribution in [0.4, 0.5) is 4.39 Å². The van der Waals surface area contributed by atoms with Crippen molar-refractivity contribution in [2.75, 3.05) is 6.61 Å². The van der Waals surface area contributed by atoms with Crippen molar-refractivity contribution in [1.29, 1.82) is 0 Å². The highest BCUT2D eigenvalue weighted by molar-refractivity contribution is 5.29. The number of aryl methyl sites for hydroxylation is 1. The summed E-state index contributed by atoms with van der Waals surface area (Å²) in [6.45, 7) is 4.10. The molecule has 0 atom stereocenters. The van der Waals surface area contributed by atoms with Crippen LogP contribution in [0.1, 0.15) is 18.9 Å². The van der Waals surface area contributed by atoms with Gasteiger partial charge in [0.2, 0.25) is 0 Å². The van der Waals surface area contributed by atoms with E-state index in [1.165, 1.54) is 6.07 Å². The van der Waals surface area contributed by atoms with Crippen LogP contribution in [0.5, 0.6) is 5.75 Å². The average molecular weight is 192 g/mol. The lowest BCUT2D eigenvalue weighted by molar-refractivity contribution is 0.309. The number of benzene rings is 1. The van der Waals surface area contributed by atoms with E-state index in [-0.39, 0.29) is 5.82 Å². The van der Waals surface area contributed by atoms with Gasteiger partial charge < -0.3 is 4.74 Å². The third-order valence-corrected chi connectivity index (χ3v) is 1.75. The van der Waals surface area contributed by atoms with Crippen molar-refractivity contribution in [2.45, 2.75) is 20.3 Å². The van der Waals surface area contributed by atoms with E-state index in [1.807, 2.05) is 6.92 Å². The second-order valence-electron chi connectivity index (χ2n) is 2.96. The first-order chi connectivity index (χ1) is 6.74. The maximum absolute atomic E-state index is 13.1. The minimum Gasteiger partial charge on any atom is -0.490 e. The number of hydrogen-bond donors (Lipinski definition) is 0. The Morgan fingerprint density at radius 2 is 2.21 bits per heavy atom. The van der Waals surface area contributed by atoms with E-state index < -0.39 is 0 Å². The standard InChI is InChI=1S/C12H13FO/c1-3-4-5-8-14-12-9-10(2)6-7-11(12)13/h6-7,9H,5,8H2,1-2H3. The molecule has 1 rings (SSSR count). The summed E-state index contributed by atoms with van der Waals surface area (Å²) in [4.78, 5) is 0. The Morgan fingerprint density at radius 1 is 1.43 bits per heavy atom. The van der Waals surface area contributed by atoms with Crippen molar-refractivity contribution in [3.63, 3.8) is 0 Å². The average Bonchev–Trinajstić information content (AvgIpc) is 2.18. The summed E-state index contributed by atoms with van der Waals surface area (Å²) in [5.41, 5.74) is 0.989. The molecule has 0 saturated heterocycles. The summed E-state index contributed by atoms with van der Waals surface area (Å²) >= 11 is 0. The van der Waals surface area contributed by atoms with Crippen molar-refractivity contribution in [3.05, 3.63) is 29.6 Å². The van der Waals surface area contributed by atoms with Gasteiger partial charge in [0.1, 0.15) is 0 Å². The largest absolute Gasteiger partial charge is 0.490 e. The molecule has 0 heterocycles. The third-order valence-electron chi connectivity index (χ3n) is 1.75. The minimum atomic E-state index is -0.319. The van der Waals surface area contributed by atoms with Gasteiger partial charge in [0.05, 0.1) is 6.61 Å². The summed E-state index contributed by atoms with van der Waals surface area (Å²) in [5, 5.41) is 0. The zero-order valence-corrected chi connectivity index (χ0v) is 8.43. The highest BCUT2D eigenvalue weighted by atomic mass is 19.1. The van der Waals surface area contributed by atoms with Crippen LogP contribution in [0.3, 0.4) is 0 Å². The molecule has 0 saturated carbocycles. The molecule has 74 valence electrons. The maximum Gasteiger partial charge on any atom is 0.165 e. The van der Waals surface area contributed by atoms with Crippen LogP contribution in [0.2, 0.25) is 0 Å². The molecular formula is C12H13FO. The van der Waals surface area contributed by atoms with Crippen LogP contribution in [0.15, 0.2) is 18.2 Å². The van der Waals surface area contributed by atoms with Crippen molar-refractivity contribution < 1.29 is 9.13 Å². The predicted molar refractivity (Wildman–Crippen MR) is 54.7 cm³/mol. The SMILES string of the molecule is CC#CCCOc1cc(C)ccc1F. The molecule has 0 aliphatic carbocycles. The Balaban J connectivity index is 2.56. The molecule has 1 aromatic rings. The van der Waals surface area contributed by atoms with Gasteiger partial charge in [-0.1, -0.05) is 6.07 Å². The van der Waals surface area contributed by atoms with E-state index in [1.54, 1.807) is 19.1 Å². The Kier molecular flexibility index (Phi) is 4.00. The molecule has 0 amide bonds. The van der Waals surface area contributed by atoms with Gasteiger partial charge >= 0.3 is 0 Å². The molecule has 0 radical (unpaired) electrons. The van der Waals surface area contributed by atoms with Crippen LogP contribution in [-0.2, 0) is 0 Å².